The SMILES string of the molecule is CC(C)(O)c1cnnn1[C@H]1C[C@@H](C(=O)NC2(C(=O)C(N)=O)CCCS(=O)(=O)C2)N(C(=O)[C@@H](CC2CCCCC2)NC(=O)c2ccc3ccccc3c2)C1. The Bertz CT molecular complexity index is 2020. The summed E-state index contributed by atoms with van der Waals surface area (Å²) in [4.78, 5) is 69.7. The third kappa shape index (κ3) is 8.28. The molecule has 53 heavy (non-hydrogen) atoms. The summed E-state index contributed by atoms with van der Waals surface area (Å²) in [5, 5.41) is 26.4. The van der Waals surface area contributed by atoms with Crippen LogP contribution in [0.1, 0.15) is 93.7 Å². The zero-order chi connectivity index (χ0) is 38.1. The number of carbonyl (C=O) groups excluding carboxylic acids is 5. The standard InChI is InChI=1S/C37H47N7O8S/c1-36(2,50)30-20-39-42-44(30)27-19-29(34(48)41-37(31(45)32(38)46)15-8-16-53(51,52)22-37)43(21-27)35(49)28(17-23-9-4-3-5-10-23)40-33(47)26-14-13-24-11-6-7-12-25(24)18-26/h6-7,11-14,18,20,23,27-29,50H,3-5,8-10,15-17,19,21-22H2,1-2H3,(H2,38,46)(H,40,47)(H,41,48)/t27-,28+,29-,37?/m0/s1. The van der Waals surface area contributed by atoms with E-state index in [9.17, 15) is 37.5 Å². The molecule has 2 aliphatic heterocycles. The van der Waals surface area contributed by atoms with Crippen LogP contribution in [0.5, 0.6) is 0 Å². The first-order chi connectivity index (χ1) is 25.1. The van der Waals surface area contributed by atoms with Gasteiger partial charge in [-0.3, -0.25) is 24.0 Å². The zero-order valence-electron chi connectivity index (χ0n) is 30.0. The number of nitrogens with one attached hydrogen (secondary N) is 2. The molecule has 1 aromatic heterocycles. The maximum atomic E-state index is 14.8. The van der Waals surface area contributed by atoms with Crippen LogP contribution in [0.4, 0.5) is 0 Å². The number of amides is 4. The van der Waals surface area contributed by atoms with Gasteiger partial charge in [0.1, 0.15) is 23.2 Å². The first-order valence-electron chi connectivity index (χ1n) is 18.2. The average molecular weight is 750 g/mol. The van der Waals surface area contributed by atoms with E-state index in [1.54, 1.807) is 26.0 Å². The van der Waals surface area contributed by atoms with Gasteiger partial charge in [0.05, 0.1) is 29.4 Å². The molecule has 3 fully saturated rings. The number of nitrogens with two attached hydrogens (primary N) is 1. The topological polar surface area (TPSA) is 224 Å². The number of Topliss-reactive ketones (excluding diaryl/α,β-unsaturated/α-hetero) is 1. The highest BCUT2D eigenvalue weighted by Gasteiger charge is 2.51. The third-order valence-electron chi connectivity index (χ3n) is 10.9. The molecular formula is C37H47N7O8S. The molecule has 4 atom stereocenters. The lowest BCUT2D eigenvalue weighted by molar-refractivity contribution is -0.144. The van der Waals surface area contributed by atoms with Gasteiger partial charge >= 0.3 is 0 Å². The number of aliphatic hydroxyl groups is 1. The molecule has 1 unspecified atom stereocenters. The summed E-state index contributed by atoms with van der Waals surface area (Å²) in [5.74, 6) is -5.37. The van der Waals surface area contributed by atoms with E-state index in [0.717, 1.165) is 42.9 Å². The lowest BCUT2D eigenvalue weighted by Gasteiger charge is -2.37. The number of rotatable bonds is 11. The molecule has 2 aromatic carbocycles. The molecule has 6 rings (SSSR count). The number of benzene rings is 2. The highest BCUT2D eigenvalue weighted by Crippen LogP contribution is 2.34. The number of aromatic nitrogens is 3. The van der Waals surface area contributed by atoms with Crippen LogP contribution >= 0.6 is 0 Å². The number of primary amides is 1. The maximum Gasteiger partial charge on any atom is 0.287 e. The molecule has 3 aliphatic rings. The van der Waals surface area contributed by atoms with E-state index in [1.807, 2.05) is 30.3 Å². The van der Waals surface area contributed by atoms with E-state index < -0.39 is 74.3 Å². The van der Waals surface area contributed by atoms with E-state index in [4.69, 9.17) is 5.73 Å². The Morgan fingerprint density at radius 1 is 1.04 bits per heavy atom. The molecule has 0 spiro atoms. The molecule has 1 saturated carbocycles. The molecule has 0 radical (unpaired) electrons. The Labute approximate surface area is 307 Å². The molecular weight excluding hydrogens is 703 g/mol. The monoisotopic (exact) mass is 749 g/mol. The summed E-state index contributed by atoms with van der Waals surface area (Å²) < 4.78 is 27.0. The Balaban J connectivity index is 1.35. The van der Waals surface area contributed by atoms with Gasteiger partial charge in [-0.1, -0.05) is 67.6 Å². The number of sulfone groups is 1. The summed E-state index contributed by atoms with van der Waals surface area (Å²) in [7, 11) is -3.84. The van der Waals surface area contributed by atoms with Crippen LogP contribution in [-0.2, 0) is 34.6 Å². The molecule has 1 aliphatic carbocycles. The van der Waals surface area contributed by atoms with Gasteiger partial charge in [0.2, 0.25) is 17.6 Å². The Morgan fingerprint density at radius 3 is 2.43 bits per heavy atom. The molecule has 284 valence electrons. The van der Waals surface area contributed by atoms with Crippen LogP contribution in [0, 0.1) is 5.92 Å². The molecule has 2 saturated heterocycles. The number of hydrogen-bond donors (Lipinski definition) is 4. The van der Waals surface area contributed by atoms with Crippen LogP contribution < -0.4 is 16.4 Å². The smallest absolute Gasteiger partial charge is 0.287 e. The number of carbonyl (C=O) groups is 5. The van der Waals surface area contributed by atoms with Crippen molar-refractivity contribution in [2.75, 3.05) is 18.1 Å². The van der Waals surface area contributed by atoms with Crippen molar-refractivity contribution < 1.29 is 37.5 Å². The lowest BCUT2D eigenvalue weighted by Crippen LogP contribution is -2.66. The number of fused-ring (bicyclic) bond motifs is 1. The van der Waals surface area contributed by atoms with Crippen molar-refractivity contribution in [3.8, 4) is 0 Å². The minimum Gasteiger partial charge on any atom is -0.384 e. The van der Waals surface area contributed by atoms with Crippen LogP contribution in [0.15, 0.2) is 48.7 Å². The Kier molecular flexibility index (Phi) is 10.7. The first-order valence-corrected chi connectivity index (χ1v) is 20.0. The summed E-state index contributed by atoms with van der Waals surface area (Å²) in [6.07, 6.45) is 6.36. The van der Waals surface area contributed by atoms with Gasteiger partial charge in [-0.25, -0.2) is 13.1 Å². The van der Waals surface area contributed by atoms with E-state index in [0.29, 0.717) is 17.7 Å². The fourth-order valence-electron chi connectivity index (χ4n) is 8.19. The number of nitrogens with zero attached hydrogens (tertiary/aromatic N) is 4. The molecule has 16 heteroatoms. The lowest BCUT2D eigenvalue weighted by atomic mass is 9.84. The second kappa shape index (κ2) is 15.0. The van der Waals surface area contributed by atoms with E-state index >= 15 is 0 Å². The molecule has 5 N–H and O–H groups in total. The van der Waals surface area contributed by atoms with Gasteiger partial charge in [0.25, 0.3) is 11.8 Å². The normalized spacial score (nSPS) is 24.0. The summed E-state index contributed by atoms with van der Waals surface area (Å²) >= 11 is 0. The van der Waals surface area contributed by atoms with Crippen molar-refractivity contribution in [1.29, 1.82) is 0 Å². The Hall–Kier alpha value is -4.70. The van der Waals surface area contributed by atoms with Gasteiger partial charge in [0.15, 0.2) is 9.84 Å². The van der Waals surface area contributed by atoms with Crippen molar-refractivity contribution in [2.45, 2.75) is 101 Å². The molecule has 3 heterocycles. The molecule has 4 amide bonds. The fourth-order valence-corrected chi connectivity index (χ4v) is 10.0. The van der Waals surface area contributed by atoms with E-state index in [2.05, 4.69) is 20.9 Å². The second-order valence-corrected chi connectivity index (χ2v) is 17.5. The van der Waals surface area contributed by atoms with Crippen molar-refractivity contribution in [1.82, 2.24) is 30.5 Å². The Morgan fingerprint density at radius 2 is 1.75 bits per heavy atom. The first kappa shape index (κ1) is 38.0. The highest BCUT2D eigenvalue weighted by molar-refractivity contribution is 7.91. The van der Waals surface area contributed by atoms with Gasteiger partial charge in [-0.05, 0) is 61.9 Å². The van der Waals surface area contributed by atoms with Crippen LogP contribution in [0.25, 0.3) is 10.8 Å². The van der Waals surface area contributed by atoms with Gasteiger partial charge in [-0.15, -0.1) is 5.10 Å². The van der Waals surface area contributed by atoms with Crippen molar-refractivity contribution in [3.05, 3.63) is 59.9 Å². The summed E-state index contributed by atoms with van der Waals surface area (Å²) in [6.45, 7) is 3.02. The number of likely N-dealkylation sites (tertiary alicyclic amines) is 1. The summed E-state index contributed by atoms with van der Waals surface area (Å²) in [6, 6.07) is 9.89. The fraction of sp³-hybridized carbons (Fsp3) is 0.541. The van der Waals surface area contributed by atoms with Crippen molar-refractivity contribution in [3.63, 3.8) is 0 Å². The zero-order valence-corrected chi connectivity index (χ0v) is 30.8. The van der Waals surface area contributed by atoms with Gasteiger partial charge in [-0.2, -0.15) is 0 Å². The summed E-state index contributed by atoms with van der Waals surface area (Å²) in [5.41, 5.74) is 2.56. The van der Waals surface area contributed by atoms with Crippen LogP contribution in [0.3, 0.4) is 0 Å². The third-order valence-corrected chi connectivity index (χ3v) is 12.7. The largest absolute Gasteiger partial charge is 0.384 e. The average Bonchev–Trinajstić information content (AvgIpc) is 3.79. The maximum absolute atomic E-state index is 14.8. The van der Waals surface area contributed by atoms with Crippen molar-refractivity contribution >= 4 is 50.0 Å². The minimum atomic E-state index is -3.84. The molecule has 15 nitrogen and oxygen atoms in total. The minimum absolute atomic E-state index is 0.00966. The highest BCUT2D eigenvalue weighted by atomic mass is 32.2. The van der Waals surface area contributed by atoms with Crippen LogP contribution in [-0.4, -0.2) is 98.5 Å². The number of ketones is 1. The van der Waals surface area contributed by atoms with Crippen LogP contribution in [0.2, 0.25) is 0 Å². The molecule has 0 bridgehead atoms. The quantitative estimate of drug-likeness (QED) is 0.208. The predicted octanol–water partition coefficient (Wildman–Crippen LogP) is 1.69. The predicted molar refractivity (Wildman–Crippen MR) is 194 cm³/mol. The van der Waals surface area contributed by atoms with Gasteiger partial charge in [0, 0.05) is 18.5 Å². The molecule has 3 aromatic rings. The van der Waals surface area contributed by atoms with Crippen molar-refractivity contribution in [2.24, 2.45) is 11.7 Å². The van der Waals surface area contributed by atoms with E-state index in [-0.39, 0.29) is 37.5 Å². The van der Waals surface area contributed by atoms with E-state index in [1.165, 1.54) is 15.8 Å². The number of hydrogen-bond acceptors (Lipinski definition) is 10. The van der Waals surface area contributed by atoms with Gasteiger partial charge < -0.3 is 26.4 Å². The second-order valence-electron chi connectivity index (χ2n) is 15.3.